The molecule has 1 rings (SSSR count). The lowest BCUT2D eigenvalue weighted by Crippen LogP contribution is -2.04. The Hall–Kier alpha value is -1.32. The second-order valence-electron chi connectivity index (χ2n) is 4.11. The van der Waals surface area contributed by atoms with Crippen molar-refractivity contribution >= 4 is 5.78 Å². The molecule has 1 aromatic carbocycles. The normalized spacial score (nSPS) is 10.9. The van der Waals surface area contributed by atoms with Gasteiger partial charge in [0.25, 0.3) is 0 Å². The molecule has 0 unspecified atom stereocenters. The Morgan fingerprint density at radius 1 is 1.19 bits per heavy atom. The van der Waals surface area contributed by atoms with Crippen LogP contribution in [0.5, 0.6) is 0 Å². The Bertz CT molecular complexity index is 376. The van der Waals surface area contributed by atoms with Crippen LogP contribution in [0.4, 0.5) is 13.2 Å². The molecule has 0 aliphatic rings. The SMILES string of the molecule is CC(C)CCC(=O)c1cc(F)c(F)c(F)c1. The second-order valence-corrected chi connectivity index (χ2v) is 4.11. The zero-order valence-corrected chi connectivity index (χ0v) is 9.19. The summed E-state index contributed by atoms with van der Waals surface area (Å²) in [5.41, 5.74) is -0.114. The second kappa shape index (κ2) is 5.14. The van der Waals surface area contributed by atoms with E-state index in [4.69, 9.17) is 0 Å². The minimum Gasteiger partial charge on any atom is -0.294 e. The molecular weight excluding hydrogens is 217 g/mol. The van der Waals surface area contributed by atoms with Crippen molar-refractivity contribution < 1.29 is 18.0 Å². The largest absolute Gasteiger partial charge is 0.294 e. The van der Waals surface area contributed by atoms with Gasteiger partial charge >= 0.3 is 0 Å². The fourth-order valence-electron chi connectivity index (χ4n) is 1.28. The first-order chi connectivity index (χ1) is 7.41. The molecule has 0 saturated carbocycles. The third-order valence-electron chi connectivity index (χ3n) is 2.25. The number of carbonyl (C=O) groups is 1. The third-order valence-corrected chi connectivity index (χ3v) is 2.25. The number of hydrogen-bond acceptors (Lipinski definition) is 1. The molecule has 0 atom stereocenters. The van der Waals surface area contributed by atoms with Crippen molar-refractivity contribution in [3.05, 3.63) is 35.1 Å². The van der Waals surface area contributed by atoms with Crippen LogP contribution in [0.3, 0.4) is 0 Å². The predicted octanol–water partition coefficient (Wildman–Crippen LogP) is 3.72. The molecule has 0 heterocycles. The molecule has 1 nitrogen and oxygen atoms in total. The zero-order valence-electron chi connectivity index (χ0n) is 9.19. The van der Waals surface area contributed by atoms with Crippen LogP contribution in [-0.2, 0) is 0 Å². The molecule has 0 spiro atoms. The first kappa shape index (κ1) is 12.7. The van der Waals surface area contributed by atoms with Gasteiger partial charge in [0.2, 0.25) is 0 Å². The number of hydrogen-bond donors (Lipinski definition) is 0. The van der Waals surface area contributed by atoms with Gasteiger partial charge in [0, 0.05) is 12.0 Å². The minimum absolute atomic E-state index is 0.114. The fourth-order valence-corrected chi connectivity index (χ4v) is 1.28. The van der Waals surface area contributed by atoms with Crippen LogP contribution < -0.4 is 0 Å². The molecule has 0 saturated heterocycles. The summed E-state index contributed by atoms with van der Waals surface area (Å²) >= 11 is 0. The highest BCUT2D eigenvalue weighted by Crippen LogP contribution is 2.16. The van der Waals surface area contributed by atoms with Crippen LogP contribution in [0.15, 0.2) is 12.1 Å². The van der Waals surface area contributed by atoms with Crippen molar-refractivity contribution in [2.75, 3.05) is 0 Å². The molecule has 88 valence electrons. The number of halogens is 3. The summed E-state index contributed by atoms with van der Waals surface area (Å²) in [5.74, 6) is -4.23. The molecule has 0 radical (unpaired) electrons. The molecule has 0 aliphatic carbocycles. The van der Waals surface area contributed by atoms with E-state index in [1.165, 1.54) is 0 Å². The summed E-state index contributed by atoms with van der Waals surface area (Å²) < 4.78 is 38.3. The first-order valence-corrected chi connectivity index (χ1v) is 5.09. The van der Waals surface area contributed by atoms with Gasteiger partial charge in [-0.3, -0.25) is 4.79 Å². The maximum Gasteiger partial charge on any atom is 0.194 e. The van der Waals surface area contributed by atoms with Crippen LogP contribution in [-0.4, -0.2) is 5.78 Å². The fraction of sp³-hybridized carbons (Fsp3) is 0.417. The van der Waals surface area contributed by atoms with E-state index in [0.29, 0.717) is 12.3 Å². The van der Waals surface area contributed by atoms with Gasteiger partial charge in [0.05, 0.1) is 0 Å². The minimum atomic E-state index is -1.54. The molecule has 0 fully saturated rings. The van der Waals surface area contributed by atoms with Gasteiger partial charge in [0.1, 0.15) is 0 Å². The highest BCUT2D eigenvalue weighted by Gasteiger charge is 2.15. The average Bonchev–Trinajstić information content (AvgIpc) is 2.21. The monoisotopic (exact) mass is 230 g/mol. The lowest BCUT2D eigenvalue weighted by molar-refractivity contribution is 0.0974. The molecule has 0 aliphatic heterocycles. The van der Waals surface area contributed by atoms with Gasteiger partial charge in [0.15, 0.2) is 23.2 Å². The number of Topliss-reactive ketones (excluding diaryl/α,β-unsaturated/α-hetero) is 1. The van der Waals surface area contributed by atoms with E-state index in [1.54, 1.807) is 0 Å². The van der Waals surface area contributed by atoms with Crippen molar-refractivity contribution in [3.8, 4) is 0 Å². The zero-order chi connectivity index (χ0) is 12.3. The highest BCUT2D eigenvalue weighted by molar-refractivity contribution is 5.96. The molecule has 0 N–H and O–H groups in total. The van der Waals surface area contributed by atoms with Crippen molar-refractivity contribution in [3.63, 3.8) is 0 Å². The van der Waals surface area contributed by atoms with E-state index in [0.717, 1.165) is 12.1 Å². The molecule has 1 aromatic rings. The van der Waals surface area contributed by atoms with Crippen molar-refractivity contribution in [1.82, 2.24) is 0 Å². The van der Waals surface area contributed by atoms with Crippen LogP contribution in [0.2, 0.25) is 0 Å². The Kier molecular flexibility index (Phi) is 4.10. The Morgan fingerprint density at radius 2 is 1.69 bits per heavy atom. The molecule has 4 heteroatoms. The lowest BCUT2D eigenvalue weighted by Gasteiger charge is -2.05. The van der Waals surface area contributed by atoms with E-state index >= 15 is 0 Å². The summed E-state index contributed by atoms with van der Waals surface area (Å²) in [6, 6.07) is 1.47. The number of ketones is 1. The van der Waals surface area contributed by atoms with Crippen LogP contribution in [0.1, 0.15) is 37.0 Å². The summed E-state index contributed by atoms with van der Waals surface area (Å²) in [6.45, 7) is 3.89. The maximum atomic E-state index is 12.8. The van der Waals surface area contributed by atoms with Crippen molar-refractivity contribution in [2.45, 2.75) is 26.7 Å². The summed E-state index contributed by atoms with van der Waals surface area (Å²) in [4.78, 5) is 11.5. The summed E-state index contributed by atoms with van der Waals surface area (Å²) in [5, 5.41) is 0. The van der Waals surface area contributed by atoms with Gasteiger partial charge in [-0.15, -0.1) is 0 Å². The summed E-state index contributed by atoms with van der Waals surface area (Å²) in [6.07, 6.45) is 0.849. The van der Waals surface area contributed by atoms with Crippen molar-refractivity contribution in [2.24, 2.45) is 5.92 Å². The smallest absolute Gasteiger partial charge is 0.194 e. The maximum absolute atomic E-state index is 12.8. The van der Waals surface area contributed by atoms with E-state index in [1.807, 2.05) is 13.8 Å². The first-order valence-electron chi connectivity index (χ1n) is 5.09. The molecular formula is C12H13F3O. The van der Waals surface area contributed by atoms with Crippen molar-refractivity contribution in [1.29, 1.82) is 0 Å². The predicted molar refractivity (Wildman–Crippen MR) is 54.7 cm³/mol. The van der Waals surface area contributed by atoms with E-state index in [-0.39, 0.29) is 17.8 Å². The van der Waals surface area contributed by atoms with Gasteiger partial charge in [-0.05, 0) is 24.5 Å². The average molecular weight is 230 g/mol. The molecule has 0 aromatic heterocycles. The van der Waals surface area contributed by atoms with Gasteiger partial charge in [-0.25, -0.2) is 13.2 Å². The van der Waals surface area contributed by atoms with Crippen LogP contribution >= 0.6 is 0 Å². The van der Waals surface area contributed by atoms with E-state index < -0.39 is 17.5 Å². The van der Waals surface area contributed by atoms with E-state index in [2.05, 4.69) is 0 Å². The van der Waals surface area contributed by atoms with E-state index in [9.17, 15) is 18.0 Å². The lowest BCUT2D eigenvalue weighted by atomic mass is 10.0. The van der Waals surface area contributed by atoms with Gasteiger partial charge in [-0.2, -0.15) is 0 Å². The number of benzene rings is 1. The standard InChI is InChI=1S/C12H13F3O/c1-7(2)3-4-11(16)8-5-9(13)12(15)10(14)6-8/h5-7H,3-4H2,1-2H3. The molecule has 0 bridgehead atoms. The topological polar surface area (TPSA) is 17.1 Å². The van der Waals surface area contributed by atoms with Crippen LogP contribution in [0, 0.1) is 23.4 Å². The molecule has 0 amide bonds. The van der Waals surface area contributed by atoms with Gasteiger partial charge < -0.3 is 0 Å². The molecule has 16 heavy (non-hydrogen) atoms. The van der Waals surface area contributed by atoms with Gasteiger partial charge in [-0.1, -0.05) is 13.8 Å². The number of rotatable bonds is 4. The Labute approximate surface area is 92.3 Å². The van der Waals surface area contributed by atoms with Crippen LogP contribution in [0.25, 0.3) is 0 Å². The third kappa shape index (κ3) is 3.08. The quantitative estimate of drug-likeness (QED) is 0.569. The highest BCUT2D eigenvalue weighted by atomic mass is 19.2. The number of carbonyl (C=O) groups excluding carboxylic acids is 1. The Morgan fingerprint density at radius 3 is 2.12 bits per heavy atom. The summed E-state index contributed by atoms with van der Waals surface area (Å²) in [7, 11) is 0. The Balaban J connectivity index is 2.84.